The lowest BCUT2D eigenvalue weighted by atomic mass is 9.92. The summed E-state index contributed by atoms with van der Waals surface area (Å²) in [5.74, 6) is -4.36. The summed E-state index contributed by atoms with van der Waals surface area (Å²) in [5, 5.41) is 20.3. The van der Waals surface area contributed by atoms with Crippen LogP contribution in [0.1, 0.15) is 28.0 Å². The van der Waals surface area contributed by atoms with E-state index in [4.69, 9.17) is 14.6 Å². The third-order valence-corrected chi connectivity index (χ3v) is 9.28. The Balaban J connectivity index is 0.000000671. The number of hydrogen-bond acceptors (Lipinski definition) is 8. The number of carboxylic acids is 1. The number of aryl methyl sites for hydroxylation is 1. The van der Waals surface area contributed by atoms with Crippen molar-refractivity contribution in [1.29, 1.82) is 0 Å². The average molecular weight is 689 g/mol. The van der Waals surface area contributed by atoms with E-state index < -0.39 is 45.9 Å². The number of pyridine rings is 1. The van der Waals surface area contributed by atoms with Crippen molar-refractivity contribution in [2.24, 2.45) is 5.92 Å². The van der Waals surface area contributed by atoms with E-state index in [9.17, 15) is 36.4 Å². The Bertz CT molecular complexity index is 1870. The smallest absolute Gasteiger partial charge is 0.489 e. The molecule has 16 heteroatoms. The largest absolute Gasteiger partial charge is 0.490 e. The number of nitrogens with one attached hydrogen (secondary N) is 2. The molecule has 2 heterocycles. The molecule has 4 N–H and O–H groups in total. The number of carboxylic acid groups (broad SMARTS) is 1. The molecular weight excluding hydrogens is 657 g/mol. The molecular formula is C32H31F3N4O8S. The summed E-state index contributed by atoms with van der Waals surface area (Å²) in [6.45, 7) is 2.18. The molecule has 0 radical (unpaired) electrons. The second-order valence-electron chi connectivity index (χ2n) is 10.7. The molecule has 5 rings (SSSR count). The first-order chi connectivity index (χ1) is 22.7. The number of rotatable bonds is 8. The lowest BCUT2D eigenvalue weighted by molar-refractivity contribution is -0.192. The summed E-state index contributed by atoms with van der Waals surface area (Å²) in [4.78, 5) is 39.1. The highest BCUT2D eigenvalue weighted by atomic mass is 32.2. The number of aromatic nitrogens is 1. The SMILES string of the molecule is Cc1cc(COc2ccc(C(=O)N[C@@H]3CCN(S(=O)(=O)c4ccccc4)C[C@@H]3C(=O)NO)cc2)c2ccccc2n1.O=C(O)C(F)(F)F. The highest BCUT2D eigenvalue weighted by Crippen LogP contribution is 2.26. The minimum Gasteiger partial charge on any atom is -0.489 e. The van der Waals surface area contributed by atoms with Crippen LogP contribution in [0.3, 0.4) is 0 Å². The molecule has 254 valence electrons. The van der Waals surface area contributed by atoms with E-state index >= 15 is 0 Å². The van der Waals surface area contributed by atoms with Gasteiger partial charge in [0, 0.05) is 41.3 Å². The van der Waals surface area contributed by atoms with Crippen molar-refractivity contribution in [3.05, 3.63) is 102 Å². The Morgan fingerprint density at radius 2 is 1.62 bits per heavy atom. The highest BCUT2D eigenvalue weighted by Gasteiger charge is 2.40. The summed E-state index contributed by atoms with van der Waals surface area (Å²) >= 11 is 0. The predicted molar refractivity (Wildman–Crippen MR) is 165 cm³/mol. The van der Waals surface area contributed by atoms with Gasteiger partial charge in [0.15, 0.2) is 0 Å². The molecule has 0 saturated carbocycles. The van der Waals surface area contributed by atoms with Gasteiger partial charge in [-0.25, -0.2) is 18.7 Å². The Labute approximate surface area is 273 Å². The molecule has 2 amide bonds. The Morgan fingerprint density at radius 3 is 2.25 bits per heavy atom. The summed E-state index contributed by atoms with van der Waals surface area (Å²) < 4.78 is 65.1. The van der Waals surface area contributed by atoms with Crippen LogP contribution in [0, 0.1) is 12.8 Å². The number of hydrogen-bond donors (Lipinski definition) is 4. The van der Waals surface area contributed by atoms with Crippen molar-refractivity contribution >= 4 is 38.7 Å². The van der Waals surface area contributed by atoms with Crippen molar-refractivity contribution in [1.82, 2.24) is 20.1 Å². The molecule has 1 aromatic heterocycles. The molecule has 0 spiro atoms. The van der Waals surface area contributed by atoms with Gasteiger partial charge in [-0.3, -0.25) is 19.8 Å². The van der Waals surface area contributed by atoms with Crippen molar-refractivity contribution < 1.29 is 51.0 Å². The minimum absolute atomic E-state index is 0.104. The molecule has 3 aromatic carbocycles. The average Bonchev–Trinajstić information content (AvgIpc) is 3.07. The standard InChI is InChI=1S/C30H30N4O6S.C2HF3O2/c1-20-17-22(25-9-5-6-10-27(25)31-20)19-40-23-13-11-21(12-14-23)29(35)32-28-15-16-34(18-26(28)30(36)33-37)41(38,39)24-7-3-2-4-8-24;3-2(4,5)1(6)7/h2-14,17,26,28,37H,15-16,18-19H2,1H3,(H,32,35)(H,33,36);(H,6,7)/t26-,28+;/m0./s1. The number of ether oxygens (including phenoxy) is 1. The van der Waals surface area contributed by atoms with E-state index in [-0.39, 0.29) is 24.4 Å². The number of fused-ring (bicyclic) bond motifs is 1. The van der Waals surface area contributed by atoms with Crippen LogP contribution < -0.4 is 15.5 Å². The van der Waals surface area contributed by atoms with Gasteiger partial charge < -0.3 is 15.2 Å². The van der Waals surface area contributed by atoms with Crippen molar-refractivity contribution in [3.63, 3.8) is 0 Å². The summed E-state index contributed by atoms with van der Waals surface area (Å²) in [5.41, 5.74) is 4.75. The van der Waals surface area contributed by atoms with E-state index in [1.165, 1.54) is 16.4 Å². The minimum atomic E-state index is -5.08. The van der Waals surface area contributed by atoms with Crippen LogP contribution in [-0.4, -0.2) is 71.1 Å². The topological polar surface area (TPSA) is 175 Å². The molecule has 1 saturated heterocycles. The normalized spacial score (nSPS) is 16.7. The zero-order valence-electron chi connectivity index (χ0n) is 25.3. The van der Waals surface area contributed by atoms with E-state index in [2.05, 4.69) is 10.3 Å². The monoisotopic (exact) mass is 688 g/mol. The molecule has 4 aromatic rings. The number of nitrogens with zero attached hydrogens (tertiary/aromatic N) is 2. The van der Waals surface area contributed by atoms with E-state index in [0.29, 0.717) is 17.9 Å². The van der Waals surface area contributed by atoms with Crippen LogP contribution in [0.4, 0.5) is 13.2 Å². The van der Waals surface area contributed by atoms with Gasteiger partial charge in [-0.15, -0.1) is 0 Å². The number of carbonyl (C=O) groups is 3. The molecule has 48 heavy (non-hydrogen) atoms. The molecule has 0 aliphatic carbocycles. The number of sulfonamides is 1. The number of para-hydroxylation sites is 1. The predicted octanol–water partition coefficient (Wildman–Crippen LogP) is 4.07. The van der Waals surface area contributed by atoms with Gasteiger partial charge in [-0.05, 0) is 61.9 Å². The number of alkyl halides is 3. The van der Waals surface area contributed by atoms with E-state index in [1.807, 2.05) is 37.3 Å². The Kier molecular flexibility index (Phi) is 11.4. The lowest BCUT2D eigenvalue weighted by Crippen LogP contribution is -2.56. The second kappa shape index (κ2) is 15.2. The number of aliphatic carboxylic acids is 1. The van der Waals surface area contributed by atoms with Gasteiger partial charge in [0.2, 0.25) is 15.9 Å². The van der Waals surface area contributed by atoms with Crippen molar-refractivity contribution in [2.75, 3.05) is 13.1 Å². The molecule has 2 atom stereocenters. The van der Waals surface area contributed by atoms with Crippen LogP contribution in [0.15, 0.2) is 89.8 Å². The molecule has 1 aliphatic rings. The molecule has 12 nitrogen and oxygen atoms in total. The Morgan fingerprint density at radius 1 is 1.00 bits per heavy atom. The van der Waals surface area contributed by atoms with Gasteiger partial charge in [0.25, 0.3) is 5.91 Å². The number of hydroxylamine groups is 1. The fourth-order valence-electron chi connectivity index (χ4n) is 5.03. The maximum absolute atomic E-state index is 13.1. The summed E-state index contributed by atoms with van der Waals surface area (Å²) in [7, 11) is -3.84. The first kappa shape index (κ1) is 35.8. The second-order valence-corrected chi connectivity index (χ2v) is 12.6. The number of benzene rings is 3. The lowest BCUT2D eigenvalue weighted by Gasteiger charge is -2.37. The van der Waals surface area contributed by atoms with Crippen LogP contribution in [0.2, 0.25) is 0 Å². The molecule has 0 unspecified atom stereocenters. The van der Waals surface area contributed by atoms with Crippen LogP contribution >= 0.6 is 0 Å². The third-order valence-electron chi connectivity index (χ3n) is 7.40. The third kappa shape index (κ3) is 8.84. The number of halogens is 3. The number of piperidine rings is 1. The first-order valence-corrected chi connectivity index (χ1v) is 15.8. The first-order valence-electron chi connectivity index (χ1n) is 14.4. The quantitative estimate of drug-likeness (QED) is 0.157. The Hall–Kier alpha value is -5.06. The van der Waals surface area contributed by atoms with E-state index in [1.54, 1.807) is 47.9 Å². The molecule has 1 aliphatic heterocycles. The van der Waals surface area contributed by atoms with Gasteiger partial charge in [0.1, 0.15) is 12.4 Å². The fraction of sp³-hybridized carbons (Fsp3) is 0.250. The number of carbonyl (C=O) groups excluding carboxylic acids is 2. The van der Waals surface area contributed by atoms with Gasteiger partial charge in [-0.1, -0.05) is 36.4 Å². The molecule has 1 fully saturated rings. The van der Waals surface area contributed by atoms with Crippen molar-refractivity contribution in [3.8, 4) is 5.75 Å². The molecule has 0 bridgehead atoms. The highest BCUT2D eigenvalue weighted by molar-refractivity contribution is 7.89. The fourth-order valence-corrected chi connectivity index (χ4v) is 6.53. The maximum atomic E-state index is 13.1. The van der Waals surface area contributed by atoms with Gasteiger partial charge in [0.05, 0.1) is 16.3 Å². The van der Waals surface area contributed by atoms with Crippen LogP contribution in [-0.2, 0) is 26.2 Å². The zero-order valence-corrected chi connectivity index (χ0v) is 26.2. The maximum Gasteiger partial charge on any atom is 0.490 e. The number of amides is 2. The van der Waals surface area contributed by atoms with E-state index in [0.717, 1.165) is 22.2 Å². The van der Waals surface area contributed by atoms with Crippen molar-refractivity contribution in [2.45, 2.75) is 37.1 Å². The van der Waals surface area contributed by atoms with Crippen LogP contribution in [0.25, 0.3) is 10.9 Å². The summed E-state index contributed by atoms with van der Waals surface area (Å²) in [6, 6.07) is 23.7. The summed E-state index contributed by atoms with van der Waals surface area (Å²) in [6.07, 6.45) is -4.89. The van der Waals surface area contributed by atoms with Gasteiger partial charge >= 0.3 is 12.1 Å². The zero-order chi connectivity index (χ0) is 35.1. The van der Waals surface area contributed by atoms with Crippen LogP contribution in [0.5, 0.6) is 5.75 Å². The van der Waals surface area contributed by atoms with Gasteiger partial charge in [-0.2, -0.15) is 17.5 Å².